The lowest BCUT2D eigenvalue weighted by Crippen LogP contribution is -2.57. The predicted octanol–water partition coefficient (Wildman–Crippen LogP) is 4.88. The molecule has 3 saturated heterocycles. The van der Waals surface area contributed by atoms with Crippen molar-refractivity contribution < 1.29 is 4.79 Å². The van der Waals surface area contributed by atoms with E-state index < -0.39 is 0 Å². The first-order valence-electron chi connectivity index (χ1n) is 10.4. The van der Waals surface area contributed by atoms with E-state index in [1.165, 1.54) is 47.4 Å². The summed E-state index contributed by atoms with van der Waals surface area (Å²) in [4.78, 5) is 18.4. The van der Waals surface area contributed by atoms with Crippen molar-refractivity contribution in [2.75, 3.05) is 38.6 Å². The van der Waals surface area contributed by atoms with Crippen molar-refractivity contribution >= 4 is 45.4 Å². The first-order chi connectivity index (χ1) is 14.1. The van der Waals surface area contributed by atoms with Crippen LogP contribution < -0.4 is 10.2 Å². The number of anilines is 1. The van der Waals surface area contributed by atoms with Crippen LogP contribution in [-0.4, -0.2) is 50.6 Å². The van der Waals surface area contributed by atoms with Crippen LogP contribution in [0.2, 0.25) is 0 Å². The smallest absolute Gasteiger partial charge is 0.261 e. The highest BCUT2D eigenvalue weighted by atomic mass is 35.5. The Morgan fingerprint density at radius 3 is 2.47 bits per heavy atom. The van der Waals surface area contributed by atoms with E-state index >= 15 is 0 Å². The van der Waals surface area contributed by atoms with Crippen LogP contribution >= 0.6 is 23.7 Å². The molecule has 6 heteroatoms. The van der Waals surface area contributed by atoms with Gasteiger partial charge in [-0.3, -0.25) is 4.79 Å². The molecule has 0 saturated carbocycles. The van der Waals surface area contributed by atoms with Crippen LogP contribution in [0.25, 0.3) is 21.2 Å². The predicted molar refractivity (Wildman–Crippen MR) is 129 cm³/mol. The maximum absolute atomic E-state index is 13.0. The molecule has 158 valence electrons. The van der Waals surface area contributed by atoms with Crippen LogP contribution in [0.15, 0.2) is 48.5 Å². The number of fused-ring (bicyclic) bond motifs is 4. The number of piperidine rings is 3. The van der Waals surface area contributed by atoms with Gasteiger partial charge in [0.25, 0.3) is 5.91 Å². The number of nitrogens with zero attached hydrogens (tertiary/aromatic N) is 2. The number of nitrogens with one attached hydrogen (secondary N) is 1. The highest BCUT2D eigenvalue weighted by Crippen LogP contribution is 2.36. The standard InChI is InChI=1S/C24H27N3OS.ClH/c1-26(2)19-8-6-16(7-9-19)20-5-3-4-18-14-22(29-23(18)20)24(28)25-21-15-27-12-10-17(21)11-13-27;/h3-9,14,17,21H,10-13,15H2,1-2H3,(H,25,28);1H/t21-;/m0./s1. The topological polar surface area (TPSA) is 35.6 Å². The molecule has 4 nitrogen and oxygen atoms in total. The molecule has 0 radical (unpaired) electrons. The Morgan fingerprint density at radius 1 is 1.10 bits per heavy atom. The molecule has 3 aromatic rings. The summed E-state index contributed by atoms with van der Waals surface area (Å²) in [6, 6.07) is 17.3. The van der Waals surface area contributed by atoms with E-state index in [0.717, 1.165) is 16.8 Å². The van der Waals surface area contributed by atoms with E-state index in [1.54, 1.807) is 11.3 Å². The molecule has 4 heterocycles. The largest absolute Gasteiger partial charge is 0.378 e. The molecule has 0 spiro atoms. The van der Waals surface area contributed by atoms with Crippen molar-refractivity contribution in [2.24, 2.45) is 5.92 Å². The van der Waals surface area contributed by atoms with E-state index in [0.29, 0.717) is 12.0 Å². The van der Waals surface area contributed by atoms with Gasteiger partial charge in [0, 0.05) is 37.1 Å². The average molecular weight is 442 g/mol. The first kappa shape index (κ1) is 21.2. The van der Waals surface area contributed by atoms with Gasteiger partial charge < -0.3 is 15.1 Å². The molecule has 30 heavy (non-hydrogen) atoms. The summed E-state index contributed by atoms with van der Waals surface area (Å²) in [5.74, 6) is 0.725. The number of rotatable bonds is 4. The summed E-state index contributed by atoms with van der Waals surface area (Å²) in [6.07, 6.45) is 2.43. The van der Waals surface area contributed by atoms with E-state index in [1.807, 2.05) is 6.07 Å². The van der Waals surface area contributed by atoms with Gasteiger partial charge in [-0.25, -0.2) is 0 Å². The molecule has 1 atom stereocenters. The minimum atomic E-state index is 0. The lowest BCUT2D eigenvalue weighted by molar-refractivity contribution is 0.0622. The molecule has 6 rings (SSSR count). The Labute approximate surface area is 188 Å². The quantitative estimate of drug-likeness (QED) is 0.626. The number of amides is 1. The lowest BCUT2D eigenvalue weighted by atomic mass is 9.84. The molecular formula is C24H28ClN3OS. The average Bonchev–Trinajstić information content (AvgIpc) is 3.19. The zero-order valence-electron chi connectivity index (χ0n) is 17.4. The van der Waals surface area contributed by atoms with Crippen molar-refractivity contribution in [3.8, 4) is 11.1 Å². The Morgan fingerprint density at radius 2 is 1.83 bits per heavy atom. The summed E-state index contributed by atoms with van der Waals surface area (Å²) in [5, 5.41) is 4.47. The van der Waals surface area contributed by atoms with Crippen molar-refractivity contribution in [3.05, 3.63) is 53.4 Å². The Bertz CT molecular complexity index is 1040. The molecule has 3 aliphatic heterocycles. The van der Waals surface area contributed by atoms with Crippen molar-refractivity contribution in [3.63, 3.8) is 0 Å². The van der Waals surface area contributed by atoms with Gasteiger partial charge in [0.05, 0.1) is 4.88 Å². The second-order valence-corrected chi connectivity index (χ2v) is 9.55. The van der Waals surface area contributed by atoms with E-state index in [4.69, 9.17) is 0 Å². The van der Waals surface area contributed by atoms with Crippen LogP contribution in [-0.2, 0) is 0 Å². The van der Waals surface area contributed by atoms with Crippen molar-refractivity contribution in [1.82, 2.24) is 10.2 Å². The SMILES string of the molecule is CN(C)c1ccc(-c2cccc3cc(C(=O)N[C@H]4CN5CCC4CC5)sc23)cc1.Cl. The Balaban J connectivity index is 0.00000218. The molecule has 1 N–H and O–H groups in total. The molecule has 1 amide bonds. The molecule has 2 bridgehead atoms. The molecular weight excluding hydrogens is 414 g/mol. The fraction of sp³-hybridized carbons (Fsp3) is 0.375. The second kappa shape index (κ2) is 8.58. The van der Waals surface area contributed by atoms with Crippen LogP contribution in [0.4, 0.5) is 5.69 Å². The van der Waals surface area contributed by atoms with Crippen molar-refractivity contribution in [2.45, 2.75) is 18.9 Å². The van der Waals surface area contributed by atoms with Crippen LogP contribution in [0, 0.1) is 5.92 Å². The van der Waals surface area contributed by atoms with Gasteiger partial charge in [0.15, 0.2) is 0 Å². The minimum Gasteiger partial charge on any atom is -0.378 e. The molecule has 0 unspecified atom stereocenters. The monoisotopic (exact) mass is 441 g/mol. The normalized spacial score (nSPS) is 22.5. The molecule has 3 fully saturated rings. The molecule has 1 aromatic heterocycles. The number of carbonyl (C=O) groups is 1. The third kappa shape index (κ3) is 3.94. The Hall–Kier alpha value is -2.08. The summed E-state index contributed by atoms with van der Waals surface area (Å²) in [6.45, 7) is 3.39. The highest BCUT2D eigenvalue weighted by molar-refractivity contribution is 7.21. The maximum Gasteiger partial charge on any atom is 0.261 e. The van der Waals surface area contributed by atoms with Gasteiger partial charge in [0.1, 0.15) is 0 Å². The lowest BCUT2D eigenvalue weighted by Gasteiger charge is -2.44. The summed E-state index contributed by atoms with van der Waals surface area (Å²) < 4.78 is 1.18. The number of halogens is 1. The van der Waals surface area contributed by atoms with Gasteiger partial charge in [0.2, 0.25) is 0 Å². The number of thiophene rings is 1. The maximum atomic E-state index is 13.0. The third-order valence-electron chi connectivity index (χ3n) is 6.44. The van der Waals surface area contributed by atoms with Crippen LogP contribution in [0.1, 0.15) is 22.5 Å². The fourth-order valence-electron chi connectivity index (χ4n) is 4.71. The Kier molecular flexibility index (Phi) is 6.05. The number of hydrogen-bond acceptors (Lipinski definition) is 4. The van der Waals surface area contributed by atoms with Gasteiger partial charge in [-0.2, -0.15) is 0 Å². The fourth-order valence-corrected chi connectivity index (χ4v) is 5.81. The molecule has 0 aliphatic carbocycles. The van der Waals surface area contributed by atoms with Gasteiger partial charge in [-0.1, -0.05) is 30.3 Å². The van der Waals surface area contributed by atoms with E-state index in [2.05, 4.69) is 71.7 Å². The van der Waals surface area contributed by atoms with Gasteiger partial charge in [-0.15, -0.1) is 23.7 Å². The summed E-state index contributed by atoms with van der Waals surface area (Å²) >= 11 is 1.61. The number of carbonyl (C=O) groups excluding carboxylic acids is 1. The highest BCUT2D eigenvalue weighted by Gasteiger charge is 2.35. The second-order valence-electron chi connectivity index (χ2n) is 8.49. The van der Waals surface area contributed by atoms with Crippen LogP contribution in [0.3, 0.4) is 0 Å². The van der Waals surface area contributed by atoms with Gasteiger partial charge in [-0.05, 0) is 66.6 Å². The zero-order chi connectivity index (χ0) is 20.0. The minimum absolute atomic E-state index is 0. The zero-order valence-corrected chi connectivity index (χ0v) is 19.1. The van der Waals surface area contributed by atoms with Crippen molar-refractivity contribution in [1.29, 1.82) is 0 Å². The summed E-state index contributed by atoms with van der Waals surface area (Å²) in [7, 11) is 4.10. The third-order valence-corrected chi connectivity index (χ3v) is 7.62. The van der Waals surface area contributed by atoms with Crippen LogP contribution in [0.5, 0.6) is 0 Å². The van der Waals surface area contributed by atoms with Gasteiger partial charge >= 0.3 is 0 Å². The van der Waals surface area contributed by atoms with E-state index in [-0.39, 0.29) is 18.3 Å². The first-order valence-corrected chi connectivity index (χ1v) is 11.2. The number of hydrogen-bond donors (Lipinski definition) is 1. The molecule has 3 aliphatic rings. The summed E-state index contributed by atoms with van der Waals surface area (Å²) in [5.41, 5.74) is 3.57. The molecule has 2 aromatic carbocycles. The number of benzene rings is 2. The van der Waals surface area contributed by atoms with E-state index in [9.17, 15) is 4.79 Å².